The van der Waals surface area contributed by atoms with Gasteiger partial charge in [0.15, 0.2) is 0 Å². The molecule has 0 atom stereocenters. The minimum atomic E-state index is -0.475. The zero-order chi connectivity index (χ0) is 11.6. The van der Waals surface area contributed by atoms with Gasteiger partial charge in [-0.2, -0.15) is 0 Å². The lowest BCUT2D eigenvalue weighted by atomic mass is 10.0. The van der Waals surface area contributed by atoms with E-state index in [1.807, 2.05) is 0 Å². The number of hydrogen-bond donors (Lipinski definition) is 2. The van der Waals surface area contributed by atoms with Gasteiger partial charge in [0.25, 0.3) is 0 Å². The fourth-order valence-electron chi connectivity index (χ4n) is 1.90. The summed E-state index contributed by atoms with van der Waals surface area (Å²) in [5.41, 5.74) is 5.41. The van der Waals surface area contributed by atoms with Gasteiger partial charge in [-0.15, -0.1) is 0 Å². The average molecular weight is 222 g/mol. The van der Waals surface area contributed by atoms with Crippen molar-refractivity contribution in [1.29, 1.82) is 0 Å². The zero-order valence-corrected chi connectivity index (χ0v) is 9.00. The fourth-order valence-corrected chi connectivity index (χ4v) is 1.90. The predicted octanol–water partition coefficient (Wildman–Crippen LogP) is 1.28. The summed E-state index contributed by atoms with van der Waals surface area (Å²) >= 11 is 0. The molecule has 0 spiro atoms. The maximum Gasteiger partial charge on any atom is 0.221 e. The highest BCUT2D eigenvalue weighted by Gasteiger charge is 2.46. The van der Waals surface area contributed by atoms with Crippen LogP contribution < -0.4 is 11.1 Å². The third-order valence-corrected chi connectivity index (χ3v) is 2.89. The molecule has 1 amide bonds. The van der Waals surface area contributed by atoms with Crippen LogP contribution in [-0.4, -0.2) is 12.5 Å². The van der Waals surface area contributed by atoms with Gasteiger partial charge in [-0.3, -0.25) is 4.79 Å². The van der Waals surface area contributed by atoms with E-state index >= 15 is 0 Å². The lowest BCUT2D eigenvalue weighted by molar-refractivity contribution is -0.121. The van der Waals surface area contributed by atoms with Crippen molar-refractivity contribution in [3.8, 4) is 0 Å². The number of hydrogen-bond acceptors (Lipinski definition) is 2. The van der Waals surface area contributed by atoms with Gasteiger partial charge in [0.05, 0.1) is 5.54 Å². The van der Waals surface area contributed by atoms with Crippen molar-refractivity contribution < 1.29 is 9.18 Å². The van der Waals surface area contributed by atoms with Crippen molar-refractivity contribution in [1.82, 2.24) is 5.32 Å². The molecule has 0 bridgehead atoms. The minimum absolute atomic E-state index is 0.108. The van der Waals surface area contributed by atoms with Crippen LogP contribution in [-0.2, 0) is 10.3 Å². The SMILES string of the molecule is NCCC(=O)NC1(c2ccccc2F)CC1. The van der Waals surface area contributed by atoms with Gasteiger partial charge in [0.1, 0.15) is 5.82 Å². The van der Waals surface area contributed by atoms with Crippen LogP contribution in [0.25, 0.3) is 0 Å². The average Bonchev–Trinajstić information content (AvgIpc) is 2.99. The first kappa shape index (κ1) is 11.1. The second kappa shape index (κ2) is 4.22. The number of nitrogens with two attached hydrogens (primary N) is 1. The van der Waals surface area contributed by atoms with E-state index < -0.39 is 5.54 Å². The minimum Gasteiger partial charge on any atom is -0.346 e. The van der Waals surface area contributed by atoms with Crippen LogP contribution in [0.2, 0.25) is 0 Å². The molecule has 0 aliphatic heterocycles. The molecule has 0 heterocycles. The Labute approximate surface area is 93.8 Å². The Kier molecular flexibility index (Phi) is 2.92. The zero-order valence-electron chi connectivity index (χ0n) is 9.00. The highest BCUT2D eigenvalue weighted by Crippen LogP contribution is 2.46. The number of nitrogens with one attached hydrogen (secondary N) is 1. The van der Waals surface area contributed by atoms with E-state index in [0.29, 0.717) is 12.1 Å². The topological polar surface area (TPSA) is 55.1 Å². The van der Waals surface area contributed by atoms with Crippen LogP contribution in [0, 0.1) is 5.82 Å². The summed E-state index contributed by atoms with van der Waals surface area (Å²) in [5.74, 6) is -0.365. The summed E-state index contributed by atoms with van der Waals surface area (Å²) in [4.78, 5) is 11.5. The summed E-state index contributed by atoms with van der Waals surface area (Å²) in [6.07, 6.45) is 1.88. The van der Waals surface area contributed by atoms with Crippen molar-refractivity contribution in [3.05, 3.63) is 35.6 Å². The number of carbonyl (C=O) groups is 1. The standard InChI is InChI=1S/C12H15FN2O/c13-10-4-2-1-3-9(10)12(6-7-12)15-11(16)5-8-14/h1-4H,5-8,14H2,(H,15,16). The Morgan fingerprint density at radius 2 is 2.12 bits per heavy atom. The second-order valence-electron chi connectivity index (χ2n) is 4.15. The Bertz CT molecular complexity index is 402. The van der Waals surface area contributed by atoms with E-state index in [1.165, 1.54) is 6.07 Å². The smallest absolute Gasteiger partial charge is 0.221 e. The molecular formula is C12H15FN2O. The van der Waals surface area contributed by atoms with Crippen molar-refractivity contribution in [3.63, 3.8) is 0 Å². The quantitative estimate of drug-likeness (QED) is 0.806. The van der Waals surface area contributed by atoms with Crippen molar-refractivity contribution >= 4 is 5.91 Å². The van der Waals surface area contributed by atoms with E-state index in [-0.39, 0.29) is 18.1 Å². The molecule has 1 aliphatic carbocycles. The van der Waals surface area contributed by atoms with Crippen molar-refractivity contribution in [2.45, 2.75) is 24.8 Å². The van der Waals surface area contributed by atoms with Crippen LogP contribution in [0.5, 0.6) is 0 Å². The molecule has 86 valence electrons. The Morgan fingerprint density at radius 1 is 1.44 bits per heavy atom. The molecule has 2 rings (SSSR count). The van der Waals surface area contributed by atoms with Gasteiger partial charge in [0.2, 0.25) is 5.91 Å². The molecule has 1 fully saturated rings. The van der Waals surface area contributed by atoms with E-state index in [9.17, 15) is 9.18 Å². The first-order valence-electron chi connectivity index (χ1n) is 5.44. The normalized spacial score (nSPS) is 16.9. The molecular weight excluding hydrogens is 207 g/mol. The first-order chi connectivity index (χ1) is 7.68. The van der Waals surface area contributed by atoms with Crippen LogP contribution >= 0.6 is 0 Å². The van der Waals surface area contributed by atoms with Crippen LogP contribution in [0.1, 0.15) is 24.8 Å². The van der Waals surface area contributed by atoms with Gasteiger partial charge < -0.3 is 11.1 Å². The Hall–Kier alpha value is -1.42. The number of halogens is 1. The maximum absolute atomic E-state index is 13.6. The molecule has 1 saturated carbocycles. The molecule has 4 heteroatoms. The monoisotopic (exact) mass is 222 g/mol. The lowest BCUT2D eigenvalue weighted by Gasteiger charge is -2.18. The molecule has 0 aromatic heterocycles. The van der Waals surface area contributed by atoms with Gasteiger partial charge in [0, 0.05) is 18.5 Å². The van der Waals surface area contributed by atoms with Crippen LogP contribution in [0.4, 0.5) is 4.39 Å². The maximum atomic E-state index is 13.6. The van der Waals surface area contributed by atoms with Crippen molar-refractivity contribution in [2.24, 2.45) is 5.73 Å². The summed E-state index contributed by atoms with van der Waals surface area (Å²) in [7, 11) is 0. The van der Waals surface area contributed by atoms with Gasteiger partial charge in [-0.05, 0) is 18.9 Å². The Balaban J connectivity index is 2.14. The lowest BCUT2D eigenvalue weighted by Crippen LogP contribution is -2.36. The van der Waals surface area contributed by atoms with E-state index in [2.05, 4.69) is 5.32 Å². The second-order valence-corrected chi connectivity index (χ2v) is 4.15. The number of amides is 1. The molecule has 1 aliphatic rings. The third kappa shape index (κ3) is 2.07. The Morgan fingerprint density at radius 3 is 2.69 bits per heavy atom. The molecule has 0 saturated heterocycles. The molecule has 0 unspecified atom stereocenters. The highest BCUT2D eigenvalue weighted by atomic mass is 19.1. The summed E-state index contributed by atoms with van der Waals surface area (Å²) in [6.45, 7) is 0.319. The van der Waals surface area contributed by atoms with Crippen LogP contribution in [0.15, 0.2) is 24.3 Å². The van der Waals surface area contributed by atoms with Crippen LogP contribution in [0.3, 0.4) is 0 Å². The van der Waals surface area contributed by atoms with E-state index in [1.54, 1.807) is 18.2 Å². The summed E-state index contributed by atoms with van der Waals surface area (Å²) in [6, 6.07) is 6.58. The van der Waals surface area contributed by atoms with Gasteiger partial charge in [-0.1, -0.05) is 18.2 Å². The molecule has 1 aromatic rings. The first-order valence-corrected chi connectivity index (χ1v) is 5.44. The third-order valence-electron chi connectivity index (χ3n) is 2.89. The van der Waals surface area contributed by atoms with E-state index in [4.69, 9.17) is 5.73 Å². The molecule has 0 radical (unpaired) electrons. The van der Waals surface area contributed by atoms with Gasteiger partial charge >= 0.3 is 0 Å². The largest absolute Gasteiger partial charge is 0.346 e. The highest BCUT2D eigenvalue weighted by molar-refractivity contribution is 5.77. The summed E-state index contributed by atoms with van der Waals surface area (Å²) in [5, 5.41) is 2.87. The predicted molar refractivity (Wildman–Crippen MR) is 59.1 cm³/mol. The molecule has 1 aromatic carbocycles. The number of rotatable bonds is 4. The fraction of sp³-hybridized carbons (Fsp3) is 0.417. The number of carbonyl (C=O) groups excluding carboxylic acids is 1. The molecule has 3 N–H and O–H groups in total. The number of benzene rings is 1. The molecule has 3 nitrogen and oxygen atoms in total. The molecule has 16 heavy (non-hydrogen) atoms. The van der Waals surface area contributed by atoms with Gasteiger partial charge in [-0.25, -0.2) is 4.39 Å². The van der Waals surface area contributed by atoms with Crippen molar-refractivity contribution in [2.75, 3.05) is 6.54 Å². The summed E-state index contributed by atoms with van der Waals surface area (Å²) < 4.78 is 13.6. The van der Waals surface area contributed by atoms with E-state index in [0.717, 1.165) is 12.8 Å².